The zero-order chi connectivity index (χ0) is 22.2. The minimum Gasteiger partial charge on any atom is -0.497 e. The number of aromatic amines is 1. The van der Waals surface area contributed by atoms with E-state index in [0.717, 1.165) is 33.2 Å². The van der Waals surface area contributed by atoms with Crippen LogP contribution in [0.2, 0.25) is 0 Å². The Morgan fingerprint density at radius 1 is 1.03 bits per heavy atom. The average Bonchev–Trinajstić information content (AvgIpc) is 3.25. The molecule has 2 N–H and O–H groups in total. The quantitative estimate of drug-likeness (QED) is 0.485. The molecule has 4 aromatic rings. The molecule has 0 fully saturated rings. The summed E-state index contributed by atoms with van der Waals surface area (Å²) >= 11 is 0. The molecule has 0 saturated carbocycles. The number of hydrogen-bond acceptors (Lipinski definition) is 6. The van der Waals surface area contributed by atoms with Crippen LogP contribution >= 0.6 is 0 Å². The molecule has 2 unspecified atom stereocenters. The molecule has 0 radical (unpaired) electrons. The summed E-state index contributed by atoms with van der Waals surface area (Å²) in [7, 11) is 3.17. The van der Waals surface area contributed by atoms with Gasteiger partial charge in [0.05, 0.1) is 31.5 Å². The lowest BCUT2D eigenvalue weighted by Crippen LogP contribution is -2.31. The summed E-state index contributed by atoms with van der Waals surface area (Å²) in [5, 5.41) is 27.9. The van der Waals surface area contributed by atoms with Gasteiger partial charge in [0.1, 0.15) is 17.4 Å². The smallest absolute Gasteiger partial charge is 0.244 e. The zero-order valence-electron chi connectivity index (χ0n) is 17.5. The number of methoxy groups -OCH3 is 2. The van der Waals surface area contributed by atoms with Gasteiger partial charge in [0.25, 0.3) is 0 Å². The maximum Gasteiger partial charge on any atom is 0.244 e. The Morgan fingerprint density at radius 3 is 2.59 bits per heavy atom. The molecule has 3 aromatic carbocycles. The Labute approximate surface area is 184 Å². The van der Waals surface area contributed by atoms with Crippen molar-refractivity contribution in [2.24, 2.45) is 5.92 Å². The molecular weight excluding hydrogens is 404 g/mol. The molecule has 0 spiro atoms. The molecule has 1 aliphatic heterocycles. The number of benzene rings is 3. The Hall–Kier alpha value is -4.31. The van der Waals surface area contributed by atoms with Crippen molar-refractivity contribution in [1.29, 1.82) is 10.7 Å². The van der Waals surface area contributed by atoms with Crippen molar-refractivity contribution in [3.05, 3.63) is 71.8 Å². The van der Waals surface area contributed by atoms with Crippen molar-refractivity contribution in [2.45, 2.75) is 5.92 Å². The van der Waals surface area contributed by atoms with Gasteiger partial charge in [0, 0.05) is 17.0 Å². The van der Waals surface area contributed by atoms with Gasteiger partial charge < -0.3 is 14.2 Å². The summed E-state index contributed by atoms with van der Waals surface area (Å²) in [6.45, 7) is 0. The first-order valence-corrected chi connectivity index (χ1v) is 10.1. The fraction of sp³-hybridized carbons (Fsp3) is 0.160. The number of hydrogen-bond donors (Lipinski definition) is 2. The van der Waals surface area contributed by atoms with Gasteiger partial charge in [-0.3, -0.25) is 10.5 Å². The highest BCUT2D eigenvalue weighted by atomic mass is 16.5. The van der Waals surface area contributed by atoms with Gasteiger partial charge in [0.15, 0.2) is 0 Å². The van der Waals surface area contributed by atoms with Gasteiger partial charge in [-0.15, -0.1) is 5.10 Å². The molecule has 0 aliphatic carbocycles. The summed E-state index contributed by atoms with van der Waals surface area (Å²) in [5.74, 6) is 0.00275. The fourth-order valence-electron chi connectivity index (χ4n) is 4.30. The lowest BCUT2D eigenvalue weighted by atomic mass is 9.78. The van der Waals surface area contributed by atoms with E-state index in [1.165, 1.54) is 0 Å². The summed E-state index contributed by atoms with van der Waals surface area (Å²) in [6.07, 6.45) is 0. The van der Waals surface area contributed by atoms with Crippen LogP contribution in [0.15, 0.2) is 60.7 Å². The van der Waals surface area contributed by atoms with Crippen molar-refractivity contribution in [1.82, 2.24) is 10.2 Å². The first-order valence-electron chi connectivity index (χ1n) is 10.1. The third-order valence-electron chi connectivity index (χ3n) is 5.85. The highest BCUT2D eigenvalue weighted by Gasteiger charge is 2.42. The molecule has 158 valence electrons. The summed E-state index contributed by atoms with van der Waals surface area (Å²) in [6, 6.07) is 21.9. The molecule has 1 aliphatic rings. The van der Waals surface area contributed by atoms with Crippen LogP contribution in [0.4, 0.5) is 0 Å². The van der Waals surface area contributed by atoms with Crippen LogP contribution in [0.5, 0.6) is 17.4 Å². The van der Waals surface area contributed by atoms with Crippen molar-refractivity contribution in [2.75, 3.05) is 14.2 Å². The molecule has 5 rings (SSSR count). The summed E-state index contributed by atoms with van der Waals surface area (Å²) in [4.78, 5) is 0. The lowest BCUT2D eigenvalue weighted by Gasteiger charge is -2.29. The fourth-order valence-corrected chi connectivity index (χ4v) is 4.30. The third-order valence-corrected chi connectivity index (χ3v) is 5.85. The average molecular weight is 424 g/mol. The Bertz CT molecular complexity index is 1390. The molecule has 2 atom stereocenters. The van der Waals surface area contributed by atoms with E-state index in [1.807, 2.05) is 30.3 Å². The number of fused-ring (bicyclic) bond motifs is 2. The maximum absolute atomic E-state index is 9.98. The van der Waals surface area contributed by atoms with E-state index >= 15 is 0 Å². The predicted molar refractivity (Wildman–Crippen MR) is 120 cm³/mol. The van der Waals surface area contributed by atoms with Crippen LogP contribution in [-0.4, -0.2) is 30.3 Å². The SMILES string of the molecule is COc1ccc(OC)c(C2c3c(n[nH]c3-c3ccc4ccccc4c3)OC(=N)C2C#N)c1. The van der Waals surface area contributed by atoms with Gasteiger partial charge in [-0.25, -0.2) is 0 Å². The topological polar surface area (TPSA) is 104 Å². The first-order chi connectivity index (χ1) is 15.6. The monoisotopic (exact) mass is 424 g/mol. The predicted octanol–water partition coefficient (Wildman–Crippen LogP) is 4.89. The largest absolute Gasteiger partial charge is 0.497 e. The highest BCUT2D eigenvalue weighted by Crippen LogP contribution is 2.48. The first kappa shape index (κ1) is 19.6. The van der Waals surface area contributed by atoms with E-state index in [2.05, 4.69) is 34.5 Å². The lowest BCUT2D eigenvalue weighted by molar-refractivity contribution is 0.388. The molecule has 7 nitrogen and oxygen atoms in total. The maximum atomic E-state index is 9.98. The standard InChI is InChI=1S/C25H20N4O3/c1-30-17-9-10-20(31-2)18(12-17)21-19(13-26)24(27)32-25-22(21)23(28-29-25)16-8-7-14-5-3-4-6-15(14)11-16/h3-12,19,21,27H,1-2H3,(H,28,29). The number of nitrogens with one attached hydrogen (secondary N) is 2. The molecular formula is C25H20N4O3. The summed E-state index contributed by atoms with van der Waals surface area (Å²) in [5.41, 5.74) is 3.11. The van der Waals surface area contributed by atoms with E-state index in [-0.39, 0.29) is 5.90 Å². The molecule has 32 heavy (non-hydrogen) atoms. The summed E-state index contributed by atoms with van der Waals surface area (Å²) < 4.78 is 16.7. The van der Waals surface area contributed by atoms with E-state index < -0.39 is 11.8 Å². The number of aromatic nitrogens is 2. The second-order valence-corrected chi connectivity index (χ2v) is 7.54. The molecule has 0 bridgehead atoms. The second kappa shape index (κ2) is 7.75. The Morgan fingerprint density at radius 2 is 1.84 bits per heavy atom. The minimum atomic E-state index is -0.847. The Kier molecular flexibility index (Phi) is 4.75. The van der Waals surface area contributed by atoms with Crippen LogP contribution in [0.3, 0.4) is 0 Å². The molecule has 7 heteroatoms. The molecule has 2 heterocycles. The molecule has 1 aromatic heterocycles. The van der Waals surface area contributed by atoms with Crippen molar-refractivity contribution < 1.29 is 14.2 Å². The van der Waals surface area contributed by atoms with Crippen LogP contribution in [0.25, 0.3) is 22.0 Å². The van der Waals surface area contributed by atoms with Gasteiger partial charge in [-0.1, -0.05) is 36.4 Å². The van der Waals surface area contributed by atoms with Crippen LogP contribution in [0.1, 0.15) is 17.0 Å². The van der Waals surface area contributed by atoms with Gasteiger partial charge in [-0.05, 0) is 35.0 Å². The number of nitrogens with zero attached hydrogens (tertiary/aromatic N) is 2. The van der Waals surface area contributed by atoms with Gasteiger partial charge in [0.2, 0.25) is 11.8 Å². The van der Waals surface area contributed by atoms with E-state index in [0.29, 0.717) is 17.4 Å². The van der Waals surface area contributed by atoms with E-state index in [1.54, 1.807) is 26.4 Å². The van der Waals surface area contributed by atoms with Crippen molar-refractivity contribution in [3.63, 3.8) is 0 Å². The normalized spacial score (nSPS) is 17.3. The van der Waals surface area contributed by atoms with E-state index in [9.17, 15) is 5.26 Å². The van der Waals surface area contributed by atoms with Crippen molar-refractivity contribution >= 4 is 16.7 Å². The number of nitriles is 1. The van der Waals surface area contributed by atoms with Crippen molar-refractivity contribution in [3.8, 4) is 34.7 Å². The van der Waals surface area contributed by atoms with Crippen LogP contribution in [0, 0.1) is 22.7 Å². The number of H-pyrrole nitrogens is 1. The highest BCUT2D eigenvalue weighted by molar-refractivity contribution is 5.90. The zero-order valence-corrected chi connectivity index (χ0v) is 17.5. The molecule has 0 amide bonds. The van der Waals surface area contributed by atoms with Gasteiger partial charge >= 0.3 is 0 Å². The minimum absolute atomic E-state index is 0.147. The molecule has 0 saturated heterocycles. The Balaban J connectivity index is 1.75. The van der Waals surface area contributed by atoms with Crippen LogP contribution < -0.4 is 14.2 Å². The third kappa shape index (κ3) is 3.05. The van der Waals surface area contributed by atoms with Gasteiger partial charge in [-0.2, -0.15) is 5.26 Å². The second-order valence-electron chi connectivity index (χ2n) is 7.54. The number of ether oxygens (including phenoxy) is 3. The number of rotatable bonds is 4. The van der Waals surface area contributed by atoms with Crippen LogP contribution in [-0.2, 0) is 0 Å². The van der Waals surface area contributed by atoms with E-state index in [4.69, 9.17) is 19.6 Å².